The number of carbonyl (C=O) groups excluding carboxylic acids is 1. The lowest BCUT2D eigenvalue weighted by Gasteiger charge is -2.38. The van der Waals surface area contributed by atoms with E-state index < -0.39 is 6.61 Å². The number of alkyl halides is 2. The van der Waals surface area contributed by atoms with Crippen LogP contribution in [-0.2, 0) is 11.3 Å². The Hall–Kier alpha value is -1.60. The van der Waals surface area contributed by atoms with E-state index >= 15 is 0 Å². The summed E-state index contributed by atoms with van der Waals surface area (Å²) >= 11 is 0. The summed E-state index contributed by atoms with van der Waals surface area (Å²) in [7, 11) is 0. The molecule has 2 atom stereocenters. The monoisotopic (exact) mass is 350 g/mol. The first-order chi connectivity index (χ1) is 10.5. The van der Waals surface area contributed by atoms with Crippen LogP contribution in [0, 0.1) is 0 Å². The number of halogens is 3. The molecule has 1 amide bonds. The Labute approximate surface area is 140 Å². The lowest BCUT2D eigenvalue weighted by Crippen LogP contribution is -2.57. The summed E-state index contributed by atoms with van der Waals surface area (Å²) in [6, 6.07) is 6.17. The number of rotatable bonds is 4. The highest BCUT2D eigenvalue weighted by molar-refractivity contribution is 5.85. The van der Waals surface area contributed by atoms with Gasteiger partial charge in [-0.3, -0.25) is 0 Å². The summed E-state index contributed by atoms with van der Waals surface area (Å²) in [4.78, 5) is 13.9. The average molecular weight is 351 g/mol. The van der Waals surface area contributed by atoms with Crippen molar-refractivity contribution in [1.29, 1.82) is 0 Å². The number of amides is 1. The standard InChI is InChI=1S/C15H20F2N2O3.ClH/c1-10-7-18-8-11(2)19(10)15(20)21-9-12-3-5-13(6-4-12)22-14(16)17;/h3-6,10-11,14,18H,7-9H2,1-2H3;1H/t10-,11+;. The molecule has 1 aliphatic rings. The Kier molecular flexibility index (Phi) is 7.51. The van der Waals surface area contributed by atoms with Crippen molar-refractivity contribution in [3.8, 4) is 5.75 Å². The molecule has 8 heteroatoms. The minimum absolute atomic E-state index is 0. The number of benzene rings is 1. The Bertz CT molecular complexity index is 492. The van der Waals surface area contributed by atoms with Gasteiger partial charge < -0.3 is 19.7 Å². The Morgan fingerprint density at radius 2 is 1.83 bits per heavy atom. The Morgan fingerprint density at radius 3 is 2.35 bits per heavy atom. The van der Waals surface area contributed by atoms with Crippen molar-refractivity contribution in [2.45, 2.75) is 39.1 Å². The van der Waals surface area contributed by atoms with Crippen molar-refractivity contribution in [3.05, 3.63) is 29.8 Å². The van der Waals surface area contributed by atoms with Gasteiger partial charge >= 0.3 is 12.7 Å². The lowest BCUT2D eigenvalue weighted by molar-refractivity contribution is -0.0498. The van der Waals surface area contributed by atoms with Crippen LogP contribution in [0.1, 0.15) is 19.4 Å². The van der Waals surface area contributed by atoms with Gasteiger partial charge in [-0.1, -0.05) is 12.1 Å². The number of nitrogens with zero attached hydrogens (tertiary/aromatic N) is 1. The van der Waals surface area contributed by atoms with Crippen LogP contribution < -0.4 is 10.1 Å². The van der Waals surface area contributed by atoms with Crippen LogP contribution in [0.5, 0.6) is 5.75 Å². The number of nitrogens with one attached hydrogen (secondary N) is 1. The first-order valence-electron chi connectivity index (χ1n) is 7.17. The SMILES string of the molecule is C[C@@H]1CNC[C@H](C)N1C(=O)OCc1ccc(OC(F)F)cc1.Cl. The van der Waals surface area contributed by atoms with Gasteiger partial charge in [0, 0.05) is 25.2 Å². The molecular weight excluding hydrogens is 330 g/mol. The fourth-order valence-electron chi connectivity index (χ4n) is 2.48. The fraction of sp³-hybridized carbons (Fsp3) is 0.533. The van der Waals surface area contributed by atoms with Gasteiger partial charge in [-0.15, -0.1) is 12.4 Å². The van der Waals surface area contributed by atoms with Crippen molar-refractivity contribution in [2.75, 3.05) is 13.1 Å². The summed E-state index contributed by atoms with van der Waals surface area (Å²) in [6.07, 6.45) is -0.366. The third kappa shape index (κ3) is 5.51. The van der Waals surface area contributed by atoms with Crippen molar-refractivity contribution in [2.24, 2.45) is 0 Å². The number of hydrogen-bond donors (Lipinski definition) is 1. The molecule has 1 fully saturated rings. The van der Waals surface area contributed by atoms with E-state index in [4.69, 9.17) is 4.74 Å². The molecule has 0 bridgehead atoms. The van der Waals surface area contributed by atoms with Crippen molar-refractivity contribution in [1.82, 2.24) is 10.2 Å². The van der Waals surface area contributed by atoms with E-state index in [0.29, 0.717) is 5.56 Å². The van der Waals surface area contributed by atoms with Crippen LogP contribution in [0.3, 0.4) is 0 Å². The third-order valence-corrected chi connectivity index (χ3v) is 3.55. The Morgan fingerprint density at radius 1 is 1.26 bits per heavy atom. The molecule has 1 aromatic carbocycles. The van der Waals surface area contributed by atoms with Crippen LogP contribution in [-0.4, -0.2) is 42.8 Å². The highest BCUT2D eigenvalue weighted by Crippen LogP contribution is 2.17. The number of ether oxygens (including phenoxy) is 2. The molecule has 2 rings (SSSR count). The van der Waals surface area contributed by atoms with Crippen LogP contribution in [0.15, 0.2) is 24.3 Å². The molecule has 0 saturated carbocycles. The maximum atomic E-state index is 12.2. The highest BCUT2D eigenvalue weighted by atomic mass is 35.5. The summed E-state index contributed by atoms with van der Waals surface area (Å²) in [6.45, 7) is 2.63. The highest BCUT2D eigenvalue weighted by Gasteiger charge is 2.29. The molecule has 0 radical (unpaired) electrons. The average Bonchev–Trinajstić information content (AvgIpc) is 2.46. The molecule has 0 aromatic heterocycles. The van der Waals surface area contributed by atoms with Gasteiger partial charge in [0.25, 0.3) is 0 Å². The molecular formula is C15H21ClF2N2O3. The van der Waals surface area contributed by atoms with E-state index in [1.165, 1.54) is 12.1 Å². The first-order valence-corrected chi connectivity index (χ1v) is 7.17. The van der Waals surface area contributed by atoms with E-state index in [0.717, 1.165) is 13.1 Å². The van der Waals surface area contributed by atoms with Gasteiger partial charge in [0.05, 0.1) is 0 Å². The predicted octanol–water partition coefficient (Wildman–Crippen LogP) is 3.03. The molecule has 1 heterocycles. The van der Waals surface area contributed by atoms with E-state index in [9.17, 15) is 13.6 Å². The van der Waals surface area contributed by atoms with Gasteiger partial charge in [0.2, 0.25) is 0 Å². The zero-order valence-electron chi connectivity index (χ0n) is 13.0. The number of hydrogen-bond acceptors (Lipinski definition) is 4. The van der Waals surface area contributed by atoms with Crippen molar-refractivity contribution < 1.29 is 23.0 Å². The van der Waals surface area contributed by atoms with Crippen molar-refractivity contribution >= 4 is 18.5 Å². The zero-order chi connectivity index (χ0) is 16.1. The van der Waals surface area contributed by atoms with E-state index in [1.807, 2.05) is 13.8 Å². The molecule has 1 N–H and O–H groups in total. The third-order valence-electron chi connectivity index (χ3n) is 3.55. The quantitative estimate of drug-likeness (QED) is 0.907. The molecule has 1 saturated heterocycles. The molecule has 130 valence electrons. The topological polar surface area (TPSA) is 50.8 Å². The first kappa shape index (κ1) is 19.4. The molecule has 0 aliphatic carbocycles. The molecule has 1 aromatic rings. The van der Waals surface area contributed by atoms with Crippen LogP contribution in [0.4, 0.5) is 13.6 Å². The van der Waals surface area contributed by atoms with E-state index in [2.05, 4.69) is 10.1 Å². The second-order valence-electron chi connectivity index (χ2n) is 5.34. The van der Waals surface area contributed by atoms with Gasteiger partial charge in [-0.05, 0) is 31.5 Å². The normalized spacial score (nSPS) is 20.8. The summed E-state index contributed by atoms with van der Waals surface area (Å²) in [5.41, 5.74) is 0.713. The van der Waals surface area contributed by atoms with Crippen LogP contribution >= 0.6 is 12.4 Å². The fourth-order valence-corrected chi connectivity index (χ4v) is 2.48. The van der Waals surface area contributed by atoms with Gasteiger partial charge in [-0.25, -0.2) is 4.79 Å². The second-order valence-corrected chi connectivity index (χ2v) is 5.34. The Balaban J connectivity index is 0.00000264. The largest absolute Gasteiger partial charge is 0.445 e. The molecule has 5 nitrogen and oxygen atoms in total. The lowest BCUT2D eigenvalue weighted by atomic mass is 10.1. The maximum Gasteiger partial charge on any atom is 0.410 e. The van der Waals surface area contributed by atoms with Gasteiger partial charge in [0.15, 0.2) is 0 Å². The summed E-state index contributed by atoms with van der Waals surface area (Å²) in [5.74, 6) is 0.0782. The summed E-state index contributed by atoms with van der Waals surface area (Å²) < 4.78 is 33.7. The molecule has 0 unspecified atom stereocenters. The minimum atomic E-state index is -2.85. The number of carbonyl (C=O) groups is 1. The molecule has 0 spiro atoms. The van der Waals surface area contributed by atoms with Gasteiger partial charge in [-0.2, -0.15) is 8.78 Å². The summed E-state index contributed by atoms with van der Waals surface area (Å²) in [5, 5.41) is 3.24. The van der Waals surface area contributed by atoms with Crippen LogP contribution in [0.25, 0.3) is 0 Å². The van der Waals surface area contributed by atoms with E-state index in [-0.39, 0.29) is 42.9 Å². The zero-order valence-corrected chi connectivity index (χ0v) is 13.8. The van der Waals surface area contributed by atoms with Crippen LogP contribution in [0.2, 0.25) is 0 Å². The second kappa shape index (κ2) is 8.88. The van der Waals surface area contributed by atoms with Crippen molar-refractivity contribution in [3.63, 3.8) is 0 Å². The number of piperazine rings is 1. The smallest absolute Gasteiger partial charge is 0.410 e. The van der Waals surface area contributed by atoms with Gasteiger partial charge in [0.1, 0.15) is 12.4 Å². The maximum absolute atomic E-state index is 12.2. The predicted molar refractivity (Wildman–Crippen MR) is 84.1 cm³/mol. The molecule has 1 aliphatic heterocycles. The van der Waals surface area contributed by atoms with E-state index in [1.54, 1.807) is 17.0 Å². The molecule has 23 heavy (non-hydrogen) atoms. The minimum Gasteiger partial charge on any atom is -0.445 e.